The van der Waals surface area contributed by atoms with Gasteiger partial charge in [-0.15, -0.1) is 0 Å². The van der Waals surface area contributed by atoms with Crippen LogP contribution in [0.3, 0.4) is 0 Å². The number of ether oxygens (including phenoxy) is 1. The molecule has 1 aliphatic heterocycles. The fraction of sp³-hybridized carbons (Fsp3) is 0.214. The van der Waals surface area contributed by atoms with Crippen molar-refractivity contribution < 1.29 is 13.2 Å². The van der Waals surface area contributed by atoms with Gasteiger partial charge >= 0.3 is 0 Å². The van der Waals surface area contributed by atoms with Gasteiger partial charge in [-0.1, -0.05) is 6.07 Å². The van der Waals surface area contributed by atoms with Crippen molar-refractivity contribution in [2.24, 2.45) is 0 Å². The number of sulfonamides is 1. The highest BCUT2D eigenvalue weighted by Gasteiger charge is 2.42. The maximum Gasteiger partial charge on any atom is 0.229 e. The van der Waals surface area contributed by atoms with E-state index in [1.807, 2.05) is 55.5 Å². The molecular formula is C28H30N6O3S2. The van der Waals surface area contributed by atoms with E-state index in [1.54, 1.807) is 18.3 Å². The third-order valence-corrected chi connectivity index (χ3v) is 7.49. The van der Waals surface area contributed by atoms with Gasteiger partial charge in [0.1, 0.15) is 11.8 Å². The predicted molar refractivity (Wildman–Crippen MR) is 159 cm³/mol. The second-order valence-corrected chi connectivity index (χ2v) is 11.6. The minimum atomic E-state index is -3.54. The van der Waals surface area contributed by atoms with Crippen LogP contribution >= 0.6 is 12.2 Å². The average molecular weight is 563 g/mol. The number of pyridine rings is 1. The molecule has 1 fully saturated rings. The summed E-state index contributed by atoms with van der Waals surface area (Å²) in [5.74, 6) is 0.407. The lowest BCUT2D eigenvalue weighted by atomic mass is 10.0. The Kier molecular flexibility index (Phi) is 7.19. The van der Waals surface area contributed by atoms with Crippen LogP contribution in [0.1, 0.15) is 23.5 Å². The van der Waals surface area contributed by atoms with Gasteiger partial charge in [0.05, 0.1) is 30.8 Å². The predicted octanol–water partition coefficient (Wildman–Crippen LogP) is 4.50. The minimum absolute atomic E-state index is 0.262. The molecule has 39 heavy (non-hydrogen) atoms. The third kappa shape index (κ3) is 5.41. The molecule has 2 aromatic heterocycles. The molecule has 0 saturated carbocycles. The fourth-order valence-electron chi connectivity index (χ4n) is 4.84. The summed E-state index contributed by atoms with van der Waals surface area (Å²) in [4.78, 5) is 8.70. The number of aromatic nitrogens is 2. The lowest BCUT2D eigenvalue weighted by Crippen LogP contribution is -2.30. The van der Waals surface area contributed by atoms with Gasteiger partial charge in [-0.3, -0.25) is 9.71 Å². The highest BCUT2D eigenvalue weighted by atomic mass is 32.2. The molecule has 2 N–H and O–H groups in total. The fourth-order valence-corrected chi connectivity index (χ4v) is 5.75. The maximum atomic E-state index is 12.1. The number of anilines is 3. The first-order valence-electron chi connectivity index (χ1n) is 12.3. The normalized spacial score (nSPS) is 17.1. The summed E-state index contributed by atoms with van der Waals surface area (Å²) >= 11 is 5.87. The molecule has 4 aromatic rings. The largest absolute Gasteiger partial charge is 0.495 e. The first-order chi connectivity index (χ1) is 18.7. The summed E-state index contributed by atoms with van der Waals surface area (Å²) in [5.41, 5.74) is 4.98. The van der Waals surface area contributed by atoms with Crippen LogP contribution < -0.4 is 24.6 Å². The molecule has 0 amide bonds. The van der Waals surface area contributed by atoms with Crippen molar-refractivity contribution in [2.75, 3.05) is 42.0 Å². The van der Waals surface area contributed by atoms with Crippen molar-refractivity contribution in [1.29, 1.82) is 0 Å². The Bertz CT molecular complexity index is 1590. The number of hydrogen-bond acceptors (Lipinski definition) is 6. The molecule has 0 radical (unpaired) electrons. The highest BCUT2D eigenvalue weighted by Crippen LogP contribution is 2.44. The van der Waals surface area contributed by atoms with Gasteiger partial charge in [-0.2, -0.15) is 0 Å². The first-order valence-corrected chi connectivity index (χ1v) is 14.6. The Hall–Kier alpha value is -4.09. The van der Waals surface area contributed by atoms with Gasteiger partial charge in [0.2, 0.25) is 10.0 Å². The van der Waals surface area contributed by atoms with E-state index >= 15 is 0 Å². The van der Waals surface area contributed by atoms with Crippen molar-refractivity contribution in [2.45, 2.75) is 12.1 Å². The van der Waals surface area contributed by atoms with Gasteiger partial charge < -0.3 is 24.4 Å². The number of nitrogens with one attached hydrogen (secondary N) is 2. The smallest absolute Gasteiger partial charge is 0.229 e. The number of methoxy groups -OCH3 is 1. The molecule has 11 heteroatoms. The Balaban J connectivity index is 1.64. The summed E-state index contributed by atoms with van der Waals surface area (Å²) in [6.45, 7) is 0. The monoisotopic (exact) mass is 562 g/mol. The Morgan fingerprint density at radius 1 is 1.03 bits per heavy atom. The minimum Gasteiger partial charge on any atom is -0.495 e. The standard InChI is InChI=1S/C28H30N6O3S2/c1-32(2)19-10-12-20(13-11-19)33-17-7-9-24(33)27-26(22-8-5-6-16-29-22)30-28(38)34(27)21-14-15-25(37-3)23(18-21)31-39(4,35)36/h5-18,26-27,31H,1-4H3,(H,30,38). The molecule has 0 spiro atoms. The summed E-state index contributed by atoms with van der Waals surface area (Å²) in [5, 5.41) is 3.96. The summed E-state index contributed by atoms with van der Waals surface area (Å²) in [7, 11) is 1.98. The van der Waals surface area contributed by atoms with Crippen molar-refractivity contribution in [3.8, 4) is 11.4 Å². The van der Waals surface area contributed by atoms with Gasteiger partial charge in [0, 0.05) is 49.2 Å². The molecule has 0 bridgehead atoms. The molecule has 5 rings (SSSR count). The molecule has 0 aliphatic carbocycles. The van der Waals surface area contributed by atoms with Crippen LogP contribution in [0.25, 0.3) is 5.69 Å². The van der Waals surface area contributed by atoms with Crippen molar-refractivity contribution in [3.63, 3.8) is 0 Å². The number of rotatable bonds is 8. The first kappa shape index (κ1) is 26.5. The molecule has 1 saturated heterocycles. The zero-order valence-corrected chi connectivity index (χ0v) is 23.7. The van der Waals surface area contributed by atoms with Gasteiger partial charge in [0.25, 0.3) is 0 Å². The van der Waals surface area contributed by atoms with Crippen molar-refractivity contribution >= 4 is 44.4 Å². The summed E-state index contributed by atoms with van der Waals surface area (Å²) in [6, 6.07) is 23.0. The lowest BCUT2D eigenvalue weighted by Gasteiger charge is -2.29. The highest BCUT2D eigenvalue weighted by molar-refractivity contribution is 7.92. The number of hydrogen-bond donors (Lipinski definition) is 2. The van der Waals surface area contributed by atoms with E-state index in [0.717, 1.165) is 29.0 Å². The van der Waals surface area contributed by atoms with Crippen LogP contribution in [0.2, 0.25) is 0 Å². The van der Waals surface area contributed by atoms with Crippen LogP contribution in [0.5, 0.6) is 5.75 Å². The van der Waals surface area contributed by atoms with E-state index in [9.17, 15) is 8.42 Å². The molecular weight excluding hydrogens is 532 g/mol. The quantitative estimate of drug-likeness (QED) is 0.304. The molecule has 2 unspecified atom stereocenters. The van der Waals surface area contributed by atoms with Crippen LogP contribution in [0.15, 0.2) is 85.2 Å². The van der Waals surface area contributed by atoms with E-state index in [2.05, 4.69) is 54.8 Å². The van der Waals surface area contributed by atoms with E-state index in [1.165, 1.54) is 7.11 Å². The van der Waals surface area contributed by atoms with Crippen molar-refractivity contribution in [1.82, 2.24) is 14.9 Å². The van der Waals surface area contributed by atoms with Crippen LogP contribution in [-0.4, -0.2) is 50.5 Å². The second-order valence-electron chi connectivity index (χ2n) is 9.47. The second kappa shape index (κ2) is 10.6. The third-order valence-electron chi connectivity index (χ3n) is 6.58. The number of nitrogens with zero attached hydrogens (tertiary/aromatic N) is 4. The van der Waals surface area contributed by atoms with E-state index in [-0.39, 0.29) is 12.1 Å². The van der Waals surface area contributed by atoms with E-state index in [0.29, 0.717) is 22.2 Å². The molecule has 3 heterocycles. The zero-order valence-electron chi connectivity index (χ0n) is 22.1. The van der Waals surface area contributed by atoms with Gasteiger partial charge in [-0.05, 0) is 78.9 Å². The molecule has 202 valence electrons. The van der Waals surface area contributed by atoms with E-state index < -0.39 is 10.0 Å². The van der Waals surface area contributed by atoms with Crippen LogP contribution in [-0.2, 0) is 10.0 Å². The average Bonchev–Trinajstić information content (AvgIpc) is 3.52. The topological polar surface area (TPSA) is 91.7 Å². The Labute approximate surface area is 234 Å². The Morgan fingerprint density at radius 3 is 2.41 bits per heavy atom. The summed E-state index contributed by atoms with van der Waals surface area (Å²) in [6.07, 6.45) is 4.90. The van der Waals surface area contributed by atoms with Crippen LogP contribution in [0, 0.1) is 0 Å². The zero-order chi connectivity index (χ0) is 27.7. The number of benzene rings is 2. The SMILES string of the molecule is COc1ccc(N2C(=S)NC(c3ccccn3)C2c2cccn2-c2ccc(N(C)C)cc2)cc1NS(C)(=O)=O. The number of thiocarbonyl (C=S) groups is 1. The maximum absolute atomic E-state index is 12.1. The van der Waals surface area contributed by atoms with Gasteiger partial charge in [0.15, 0.2) is 5.11 Å². The Morgan fingerprint density at radius 2 is 1.77 bits per heavy atom. The molecule has 1 aliphatic rings. The molecule has 2 aromatic carbocycles. The molecule has 2 atom stereocenters. The van der Waals surface area contributed by atoms with Crippen LogP contribution in [0.4, 0.5) is 17.1 Å². The molecule has 9 nitrogen and oxygen atoms in total. The summed E-state index contributed by atoms with van der Waals surface area (Å²) < 4.78 is 34.3. The van der Waals surface area contributed by atoms with Crippen molar-refractivity contribution in [3.05, 3.63) is 96.6 Å². The van der Waals surface area contributed by atoms with Gasteiger partial charge in [-0.25, -0.2) is 8.42 Å². The lowest BCUT2D eigenvalue weighted by molar-refractivity contribution is 0.417. The van der Waals surface area contributed by atoms with E-state index in [4.69, 9.17) is 17.0 Å².